The number of hydrogen-bond donors (Lipinski definition) is 1. The monoisotopic (exact) mass is 351 g/mol. The maximum atomic E-state index is 13.0. The van der Waals surface area contributed by atoms with Crippen LogP contribution >= 0.6 is 0 Å². The van der Waals surface area contributed by atoms with E-state index in [0.29, 0.717) is 10.3 Å². The lowest BCUT2D eigenvalue weighted by molar-refractivity contribution is -0.146. The van der Waals surface area contributed by atoms with E-state index in [1.54, 1.807) is 13.2 Å². The van der Waals surface area contributed by atoms with Crippen molar-refractivity contribution >= 4 is 11.5 Å². The molecule has 2 aromatic heterocycles. The van der Waals surface area contributed by atoms with Gasteiger partial charge in [0.15, 0.2) is 5.65 Å². The molecule has 0 radical (unpaired) electrons. The summed E-state index contributed by atoms with van der Waals surface area (Å²) in [6.45, 7) is 3.83. The predicted octanol–water partition coefficient (Wildman–Crippen LogP) is 3.63. The molecule has 0 aliphatic heterocycles. The molecule has 0 saturated heterocycles. The molecule has 0 bridgehead atoms. The second kappa shape index (κ2) is 6.23. The summed E-state index contributed by atoms with van der Waals surface area (Å²) in [6, 6.07) is 8.48. The van der Waals surface area contributed by atoms with Crippen LogP contribution in [0.2, 0.25) is 0 Å². The van der Waals surface area contributed by atoms with Gasteiger partial charge in [0, 0.05) is 5.56 Å². The van der Waals surface area contributed by atoms with Gasteiger partial charge < -0.3 is 10.1 Å². The Bertz CT molecular complexity index is 906. The standard InChI is InChI=1S/C16H16F3N5O/c1-9-4-5-12(25-3)11(8-9)10(2)20-13-6-7-14-21-22-15(16(17,18)19)24(14)23-13/h4-8,10H,1-3H3,(H,20,23). The first-order valence-electron chi connectivity index (χ1n) is 7.50. The molecule has 1 N–H and O–H groups in total. The summed E-state index contributed by atoms with van der Waals surface area (Å²) in [5, 5.41) is 13.7. The number of halogens is 3. The fraction of sp³-hybridized carbons (Fsp3) is 0.312. The van der Waals surface area contributed by atoms with E-state index in [1.807, 2.05) is 32.0 Å². The summed E-state index contributed by atoms with van der Waals surface area (Å²) in [6.07, 6.45) is -4.63. The minimum atomic E-state index is -4.63. The van der Waals surface area contributed by atoms with E-state index in [4.69, 9.17) is 4.74 Å². The van der Waals surface area contributed by atoms with Crippen molar-refractivity contribution in [2.75, 3.05) is 12.4 Å². The highest BCUT2D eigenvalue weighted by molar-refractivity contribution is 5.47. The van der Waals surface area contributed by atoms with Crippen LogP contribution in [-0.4, -0.2) is 26.9 Å². The van der Waals surface area contributed by atoms with Gasteiger partial charge in [-0.05, 0) is 32.0 Å². The molecule has 0 fully saturated rings. The number of alkyl halides is 3. The van der Waals surface area contributed by atoms with Crippen LogP contribution < -0.4 is 10.1 Å². The molecule has 9 heteroatoms. The number of anilines is 1. The van der Waals surface area contributed by atoms with Crippen LogP contribution in [0.25, 0.3) is 5.65 Å². The van der Waals surface area contributed by atoms with Gasteiger partial charge in [0.1, 0.15) is 11.6 Å². The SMILES string of the molecule is COc1ccc(C)cc1C(C)Nc1ccc2nnc(C(F)(F)F)n2n1. The van der Waals surface area contributed by atoms with E-state index in [-0.39, 0.29) is 17.5 Å². The molecule has 3 aromatic rings. The van der Waals surface area contributed by atoms with Crippen molar-refractivity contribution in [2.24, 2.45) is 0 Å². The molecule has 0 saturated carbocycles. The first-order chi connectivity index (χ1) is 11.8. The number of aryl methyl sites for hydroxylation is 1. The van der Waals surface area contributed by atoms with Gasteiger partial charge in [-0.15, -0.1) is 15.3 Å². The van der Waals surface area contributed by atoms with Crippen molar-refractivity contribution in [3.05, 3.63) is 47.3 Å². The molecule has 2 heterocycles. The number of benzene rings is 1. The maximum Gasteiger partial charge on any atom is 0.453 e. The Morgan fingerprint density at radius 3 is 2.60 bits per heavy atom. The van der Waals surface area contributed by atoms with Gasteiger partial charge in [0.05, 0.1) is 13.2 Å². The second-order valence-electron chi connectivity index (χ2n) is 5.62. The Labute approximate surface area is 141 Å². The molecular weight excluding hydrogens is 335 g/mol. The quantitative estimate of drug-likeness (QED) is 0.778. The minimum absolute atomic E-state index is 0.0265. The number of hydrogen-bond acceptors (Lipinski definition) is 5. The smallest absolute Gasteiger partial charge is 0.453 e. The summed E-state index contributed by atoms with van der Waals surface area (Å²) >= 11 is 0. The van der Waals surface area contributed by atoms with E-state index in [2.05, 4.69) is 20.6 Å². The molecule has 1 atom stereocenters. The Morgan fingerprint density at radius 1 is 1.16 bits per heavy atom. The van der Waals surface area contributed by atoms with E-state index < -0.39 is 12.0 Å². The summed E-state index contributed by atoms with van der Waals surface area (Å²) in [5.74, 6) is -0.201. The van der Waals surface area contributed by atoms with Gasteiger partial charge in [-0.25, -0.2) is 0 Å². The van der Waals surface area contributed by atoms with Crippen molar-refractivity contribution in [1.82, 2.24) is 19.8 Å². The molecule has 1 unspecified atom stereocenters. The second-order valence-corrected chi connectivity index (χ2v) is 5.62. The molecule has 1 aromatic carbocycles. The summed E-state index contributed by atoms with van der Waals surface area (Å²) < 4.78 is 44.9. The maximum absolute atomic E-state index is 13.0. The zero-order valence-corrected chi connectivity index (χ0v) is 13.8. The summed E-state index contributed by atoms with van der Waals surface area (Å²) in [4.78, 5) is 0. The van der Waals surface area contributed by atoms with E-state index in [1.165, 1.54) is 6.07 Å². The number of rotatable bonds is 4. The Kier molecular flexibility index (Phi) is 4.23. The lowest BCUT2D eigenvalue weighted by Gasteiger charge is -2.18. The number of fused-ring (bicyclic) bond motifs is 1. The number of methoxy groups -OCH3 is 1. The zero-order chi connectivity index (χ0) is 18.2. The highest BCUT2D eigenvalue weighted by Crippen LogP contribution is 2.30. The largest absolute Gasteiger partial charge is 0.496 e. The van der Waals surface area contributed by atoms with Crippen molar-refractivity contribution in [3.8, 4) is 5.75 Å². The first-order valence-corrected chi connectivity index (χ1v) is 7.50. The molecule has 0 spiro atoms. The Hall–Kier alpha value is -2.84. The summed E-state index contributed by atoms with van der Waals surface area (Å²) in [7, 11) is 1.57. The van der Waals surface area contributed by atoms with Crippen LogP contribution in [-0.2, 0) is 6.18 Å². The van der Waals surface area contributed by atoms with Crippen molar-refractivity contribution in [1.29, 1.82) is 0 Å². The van der Waals surface area contributed by atoms with Gasteiger partial charge in [0.25, 0.3) is 5.82 Å². The fourth-order valence-corrected chi connectivity index (χ4v) is 2.53. The molecule has 25 heavy (non-hydrogen) atoms. The highest BCUT2D eigenvalue weighted by Gasteiger charge is 2.37. The number of ether oxygens (including phenoxy) is 1. The van der Waals surface area contributed by atoms with Gasteiger partial charge in [0.2, 0.25) is 0 Å². The van der Waals surface area contributed by atoms with Crippen LogP contribution in [0.15, 0.2) is 30.3 Å². The van der Waals surface area contributed by atoms with Gasteiger partial charge in [-0.1, -0.05) is 17.7 Å². The number of aromatic nitrogens is 4. The summed E-state index contributed by atoms with van der Waals surface area (Å²) in [5.41, 5.74) is 1.95. The van der Waals surface area contributed by atoms with Crippen LogP contribution in [0.3, 0.4) is 0 Å². The van der Waals surface area contributed by atoms with E-state index >= 15 is 0 Å². The van der Waals surface area contributed by atoms with Crippen LogP contribution in [0.5, 0.6) is 5.75 Å². The molecule has 6 nitrogen and oxygen atoms in total. The van der Waals surface area contributed by atoms with E-state index in [9.17, 15) is 13.2 Å². The molecular formula is C16H16F3N5O. The first kappa shape index (κ1) is 17.0. The third-order valence-corrected chi connectivity index (χ3v) is 3.73. The van der Waals surface area contributed by atoms with E-state index in [0.717, 1.165) is 11.1 Å². The van der Waals surface area contributed by atoms with Crippen molar-refractivity contribution in [2.45, 2.75) is 26.1 Å². The lowest BCUT2D eigenvalue weighted by Crippen LogP contribution is -2.15. The molecule has 0 amide bonds. The topological polar surface area (TPSA) is 64.3 Å². The molecule has 0 aliphatic rings. The van der Waals surface area contributed by atoms with Gasteiger partial charge in [-0.2, -0.15) is 17.7 Å². The molecule has 0 aliphatic carbocycles. The lowest BCUT2D eigenvalue weighted by atomic mass is 10.0. The van der Waals surface area contributed by atoms with Gasteiger partial charge in [-0.3, -0.25) is 0 Å². The third kappa shape index (κ3) is 3.35. The average molecular weight is 351 g/mol. The zero-order valence-electron chi connectivity index (χ0n) is 13.8. The normalized spacial score (nSPS) is 13.0. The van der Waals surface area contributed by atoms with Crippen LogP contribution in [0, 0.1) is 6.92 Å². The third-order valence-electron chi connectivity index (χ3n) is 3.73. The van der Waals surface area contributed by atoms with Crippen molar-refractivity contribution < 1.29 is 17.9 Å². The average Bonchev–Trinajstić information content (AvgIpc) is 2.98. The van der Waals surface area contributed by atoms with Crippen LogP contribution in [0.1, 0.15) is 29.9 Å². The van der Waals surface area contributed by atoms with Crippen LogP contribution in [0.4, 0.5) is 19.0 Å². The number of nitrogens with one attached hydrogen (secondary N) is 1. The Balaban J connectivity index is 1.94. The van der Waals surface area contributed by atoms with Gasteiger partial charge >= 0.3 is 6.18 Å². The molecule has 3 rings (SSSR count). The minimum Gasteiger partial charge on any atom is -0.496 e. The number of nitrogens with zero attached hydrogens (tertiary/aromatic N) is 4. The Morgan fingerprint density at radius 2 is 1.92 bits per heavy atom. The predicted molar refractivity (Wildman–Crippen MR) is 85.6 cm³/mol. The molecule has 132 valence electrons. The highest BCUT2D eigenvalue weighted by atomic mass is 19.4. The van der Waals surface area contributed by atoms with Crippen molar-refractivity contribution in [3.63, 3.8) is 0 Å². The fourth-order valence-electron chi connectivity index (χ4n) is 2.53.